The average Bonchev–Trinajstić information content (AvgIpc) is 2.90. The minimum absolute atomic E-state index is 0.106. The van der Waals surface area contributed by atoms with Crippen LogP contribution in [0.25, 0.3) is 0 Å². The minimum atomic E-state index is -0.282. The van der Waals surface area contributed by atoms with Crippen molar-refractivity contribution >= 4 is 17.5 Å². The number of amides is 2. The van der Waals surface area contributed by atoms with Crippen LogP contribution in [0.2, 0.25) is 0 Å². The highest BCUT2D eigenvalue weighted by Gasteiger charge is 2.46. The number of ether oxygens (including phenoxy) is 1. The zero-order valence-electron chi connectivity index (χ0n) is 14.0. The van der Waals surface area contributed by atoms with E-state index in [1.165, 1.54) is 14.7 Å². The van der Waals surface area contributed by atoms with Gasteiger partial charge in [0.05, 0.1) is 25.8 Å². The van der Waals surface area contributed by atoms with Crippen molar-refractivity contribution in [1.29, 1.82) is 0 Å². The van der Waals surface area contributed by atoms with Gasteiger partial charge in [-0.2, -0.15) is 0 Å². The van der Waals surface area contributed by atoms with E-state index < -0.39 is 0 Å². The number of methoxy groups -OCH3 is 1. The molecule has 1 aromatic carbocycles. The molecule has 1 atom stereocenters. The molecule has 2 amide bonds. The second-order valence-electron chi connectivity index (χ2n) is 6.40. The van der Waals surface area contributed by atoms with Crippen molar-refractivity contribution in [3.8, 4) is 5.75 Å². The Morgan fingerprint density at radius 3 is 2.42 bits per heavy atom. The number of aliphatic hydroxyl groups is 1. The summed E-state index contributed by atoms with van der Waals surface area (Å²) in [5, 5.41) is 9.03. The first-order valence-electron chi connectivity index (χ1n) is 8.44. The Labute approximate surface area is 141 Å². The summed E-state index contributed by atoms with van der Waals surface area (Å²) in [4.78, 5) is 29.0. The summed E-state index contributed by atoms with van der Waals surface area (Å²) in [6, 6.07) is 6.72. The van der Waals surface area contributed by atoms with Crippen LogP contribution in [0.5, 0.6) is 5.75 Å². The highest BCUT2D eigenvalue weighted by atomic mass is 16.5. The molecular formula is C17H25N3O4+2. The van der Waals surface area contributed by atoms with Gasteiger partial charge in [0.1, 0.15) is 38.5 Å². The number of imide groups is 1. The van der Waals surface area contributed by atoms with E-state index >= 15 is 0 Å². The Hall–Kier alpha value is -1.96. The molecule has 0 radical (unpaired) electrons. The van der Waals surface area contributed by atoms with E-state index in [2.05, 4.69) is 0 Å². The molecule has 2 saturated heterocycles. The van der Waals surface area contributed by atoms with Crippen LogP contribution in [0, 0.1) is 0 Å². The van der Waals surface area contributed by atoms with E-state index in [-0.39, 0.29) is 30.9 Å². The highest BCUT2D eigenvalue weighted by molar-refractivity contribution is 6.21. The number of nitrogens with one attached hydrogen (secondary N) is 2. The van der Waals surface area contributed by atoms with Crippen molar-refractivity contribution in [3.63, 3.8) is 0 Å². The number of hydrogen-bond donors (Lipinski definition) is 3. The maximum Gasteiger partial charge on any atom is 0.292 e. The summed E-state index contributed by atoms with van der Waals surface area (Å²) in [7, 11) is 1.58. The molecule has 2 fully saturated rings. The second kappa shape index (κ2) is 7.29. The van der Waals surface area contributed by atoms with Gasteiger partial charge in [-0.25, -0.2) is 4.90 Å². The van der Waals surface area contributed by atoms with Crippen LogP contribution in [0.3, 0.4) is 0 Å². The maximum atomic E-state index is 12.8. The topological polar surface area (TPSA) is 75.7 Å². The van der Waals surface area contributed by atoms with Gasteiger partial charge in [0.2, 0.25) is 5.91 Å². The molecule has 0 saturated carbocycles. The van der Waals surface area contributed by atoms with Crippen molar-refractivity contribution < 1.29 is 29.2 Å². The largest absolute Gasteiger partial charge is 0.497 e. The molecule has 3 N–H and O–H groups in total. The van der Waals surface area contributed by atoms with Gasteiger partial charge >= 0.3 is 0 Å². The first-order valence-corrected chi connectivity index (χ1v) is 8.44. The predicted octanol–water partition coefficient (Wildman–Crippen LogP) is -2.90. The molecule has 2 aliphatic rings. The van der Waals surface area contributed by atoms with Crippen molar-refractivity contribution in [3.05, 3.63) is 24.3 Å². The molecule has 24 heavy (non-hydrogen) atoms. The van der Waals surface area contributed by atoms with Crippen LogP contribution in [0.4, 0.5) is 5.69 Å². The van der Waals surface area contributed by atoms with E-state index in [1.807, 2.05) is 0 Å². The molecule has 7 heteroatoms. The zero-order chi connectivity index (χ0) is 17.1. The van der Waals surface area contributed by atoms with Gasteiger partial charge in [-0.3, -0.25) is 9.59 Å². The fourth-order valence-corrected chi connectivity index (χ4v) is 3.63. The Bertz CT molecular complexity index is 596. The van der Waals surface area contributed by atoms with Gasteiger partial charge in [0, 0.05) is 0 Å². The molecule has 0 unspecified atom stereocenters. The molecule has 0 aromatic heterocycles. The monoisotopic (exact) mass is 335 g/mol. The van der Waals surface area contributed by atoms with Crippen molar-refractivity contribution in [2.75, 3.05) is 51.3 Å². The van der Waals surface area contributed by atoms with Crippen molar-refractivity contribution in [2.45, 2.75) is 12.5 Å². The number of benzene rings is 1. The Morgan fingerprint density at radius 2 is 1.83 bits per heavy atom. The third-order valence-electron chi connectivity index (χ3n) is 5.03. The standard InChI is InChI=1S/C17H23N3O4/c1-24-14-4-2-13(3-5-14)20-16(22)12-15(17(20)23)19-8-6-18(7-9-19)10-11-21/h2-5,15,21H,6-12H2,1H3/p+2/t15-/m0/s1. The number of anilines is 1. The number of nitrogens with zero attached hydrogens (tertiary/aromatic N) is 1. The summed E-state index contributed by atoms with van der Waals surface area (Å²) in [5.41, 5.74) is 0.609. The van der Waals surface area contributed by atoms with Crippen molar-refractivity contribution in [1.82, 2.24) is 0 Å². The number of carbonyl (C=O) groups excluding carboxylic acids is 2. The molecule has 0 spiro atoms. The summed E-state index contributed by atoms with van der Waals surface area (Å²) >= 11 is 0. The number of quaternary nitrogens is 2. The maximum absolute atomic E-state index is 12.8. The van der Waals surface area contributed by atoms with Crippen LogP contribution in [0.1, 0.15) is 6.42 Å². The van der Waals surface area contributed by atoms with Crippen molar-refractivity contribution in [2.24, 2.45) is 0 Å². The Kier molecular flexibility index (Phi) is 5.13. The second-order valence-corrected chi connectivity index (χ2v) is 6.40. The number of rotatable bonds is 5. The van der Waals surface area contributed by atoms with Crippen LogP contribution >= 0.6 is 0 Å². The molecule has 3 rings (SSSR count). The lowest BCUT2D eigenvalue weighted by Crippen LogP contribution is -3.30. The third-order valence-corrected chi connectivity index (χ3v) is 5.03. The zero-order valence-corrected chi connectivity index (χ0v) is 14.0. The fourth-order valence-electron chi connectivity index (χ4n) is 3.63. The summed E-state index contributed by atoms with van der Waals surface area (Å²) in [5.74, 6) is 0.460. The first kappa shape index (κ1) is 16.9. The van der Waals surface area contributed by atoms with E-state index in [0.29, 0.717) is 11.4 Å². The first-order chi connectivity index (χ1) is 11.6. The predicted molar refractivity (Wildman–Crippen MR) is 87.2 cm³/mol. The molecule has 1 aromatic rings. The van der Waals surface area contributed by atoms with Crippen LogP contribution in [-0.4, -0.2) is 69.4 Å². The Balaban J connectivity index is 1.68. The molecular weight excluding hydrogens is 310 g/mol. The van der Waals surface area contributed by atoms with Crippen LogP contribution < -0.4 is 19.4 Å². The molecule has 130 valence electrons. The lowest BCUT2D eigenvalue weighted by molar-refractivity contribution is -1.02. The summed E-state index contributed by atoms with van der Waals surface area (Å²) in [6.07, 6.45) is 0.273. The smallest absolute Gasteiger partial charge is 0.292 e. The number of hydrogen-bond acceptors (Lipinski definition) is 4. The quantitative estimate of drug-likeness (QED) is 0.505. The molecule has 7 nitrogen and oxygen atoms in total. The van der Waals surface area contributed by atoms with E-state index in [1.54, 1.807) is 31.4 Å². The van der Waals surface area contributed by atoms with E-state index in [9.17, 15) is 9.59 Å². The number of aliphatic hydroxyl groups excluding tert-OH is 1. The minimum Gasteiger partial charge on any atom is -0.497 e. The summed E-state index contributed by atoms with van der Waals surface area (Å²) in [6.45, 7) is 4.51. The molecule has 2 aliphatic heterocycles. The lowest BCUT2D eigenvalue weighted by atomic mass is 10.1. The van der Waals surface area contributed by atoms with Crippen LogP contribution in [-0.2, 0) is 9.59 Å². The molecule has 2 heterocycles. The highest BCUT2D eigenvalue weighted by Crippen LogP contribution is 2.24. The molecule has 0 bridgehead atoms. The molecule has 0 aliphatic carbocycles. The van der Waals surface area contributed by atoms with Gasteiger partial charge in [-0.1, -0.05) is 0 Å². The SMILES string of the molecule is COc1ccc(N2C(=O)C[C@H]([NH+]3CC[NH+](CCO)CC3)C2=O)cc1. The van der Waals surface area contributed by atoms with Gasteiger partial charge in [-0.15, -0.1) is 0 Å². The van der Waals surface area contributed by atoms with Gasteiger partial charge in [-0.05, 0) is 24.3 Å². The third kappa shape index (κ3) is 3.28. The van der Waals surface area contributed by atoms with Gasteiger partial charge < -0.3 is 19.6 Å². The van der Waals surface area contributed by atoms with E-state index in [0.717, 1.165) is 32.7 Å². The number of carbonyl (C=O) groups is 2. The fraction of sp³-hybridized carbons (Fsp3) is 0.529. The van der Waals surface area contributed by atoms with Crippen LogP contribution in [0.15, 0.2) is 24.3 Å². The van der Waals surface area contributed by atoms with E-state index in [4.69, 9.17) is 9.84 Å². The van der Waals surface area contributed by atoms with Gasteiger partial charge in [0.15, 0.2) is 6.04 Å². The van der Waals surface area contributed by atoms with Gasteiger partial charge in [0.25, 0.3) is 5.91 Å². The average molecular weight is 335 g/mol. The normalized spacial score (nSPS) is 27.6. The lowest BCUT2D eigenvalue weighted by Gasteiger charge is -2.31. The number of piperazine rings is 1. The summed E-state index contributed by atoms with van der Waals surface area (Å²) < 4.78 is 5.12. The Morgan fingerprint density at radius 1 is 1.17 bits per heavy atom.